The summed E-state index contributed by atoms with van der Waals surface area (Å²) in [4.78, 5) is 22.6. The van der Waals surface area contributed by atoms with E-state index in [0.29, 0.717) is 0 Å². The quantitative estimate of drug-likeness (QED) is 0.300. The SMILES string of the molecule is CCCN(CCC)c1nc(Cl)nc2scc(-c3cccc([N+](=O)[O-])c3)c12. The van der Waals surface area contributed by atoms with Gasteiger partial charge in [0, 0.05) is 36.2 Å². The number of hydrogen-bond acceptors (Lipinski definition) is 6. The Morgan fingerprint density at radius 3 is 2.62 bits per heavy atom. The topological polar surface area (TPSA) is 72.2 Å². The minimum atomic E-state index is -0.382. The van der Waals surface area contributed by atoms with Gasteiger partial charge < -0.3 is 4.90 Å². The number of rotatable bonds is 7. The van der Waals surface area contributed by atoms with Crippen molar-refractivity contribution in [1.82, 2.24) is 9.97 Å². The van der Waals surface area contributed by atoms with Gasteiger partial charge in [-0.25, -0.2) is 4.98 Å². The number of aromatic nitrogens is 2. The number of non-ortho nitro benzene ring substituents is 1. The lowest BCUT2D eigenvalue weighted by Crippen LogP contribution is -2.26. The smallest absolute Gasteiger partial charge is 0.270 e. The van der Waals surface area contributed by atoms with Gasteiger partial charge in [-0.15, -0.1) is 11.3 Å². The van der Waals surface area contributed by atoms with E-state index >= 15 is 0 Å². The summed E-state index contributed by atoms with van der Waals surface area (Å²) >= 11 is 7.63. The average Bonchev–Trinajstić information content (AvgIpc) is 3.04. The van der Waals surface area contributed by atoms with Crippen LogP contribution in [0.5, 0.6) is 0 Å². The number of hydrogen-bond donors (Lipinski definition) is 0. The van der Waals surface area contributed by atoms with Gasteiger partial charge in [-0.05, 0) is 30.0 Å². The van der Waals surface area contributed by atoms with Crippen LogP contribution in [0.4, 0.5) is 11.5 Å². The molecule has 26 heavy (non-hydrogen) atoms. The molecule has 2 aromatic heterocycles. The summed E-state index contributed by atoms with van der Waals surface area (Å²) in [7, 11) is 0. The summed E-state index contributed by atoms with van der Waals surface area (Å²) in [5.41, 5.74) is 1.75. The van der Waals surface area contributed by atoms with E-state index in [1.165, 1.54) is 17.4 Å². The first-order valence-corrected chi connectivity index (χ1v) is 9.75. The summed E-state index contributed by atoms with van der Waals surface area (Å²) in [5.74, 6) is 0.798. The first kappa shape index (κ1) is 18.5. The number of benzene rings is 1. The summed E-state index contributed by atoms with van der Waals surface area (Å²) in [6, 6.07) is 6.65. The van der Waals surface area contributed by atoms with E-state index in [1.807, 2.05) is 11.4 Å². The van der Waals surface area contributed by atoms with Gasteiger partial charge in [0.15, 0.2) is 0 Å². The van der Waals surface area contributed by atoms with Gasteiger partial charge in [0.1, 0.15) is 10.6 Å². The standard InChI is InChI=1S/C18H19ClN4O2S/c1-3-8-22(9-4-2)16-15-14(11-26-17(15)21-18(19)20-16)12-6-5-7-13(10-12)23(24)25/h5-7,10-11H,3-4,8-9H2,1-2H3. The fraction of sp³-hybridized carbons (Fsp3) is 0.333. The molecule has 0 amide bonds. The molecule has 0 unspecified atom stereocenters. The van der Waals surface area contributed by atoms with Crippen LogP contribution in [0.1, 0.15) is 26.7 Å². The molecule has 0 aliphatic heterocycles. The van der Waals surface area contributed by atoms with E-state index in [9.17, 15) is 10.1 Å². The molecular formula is C18H19ClN4O2S. The maximum absolute atomic E-state index is 11.1. The predicted octanol–water partition coefficient (Wildman–Crippen LogP) is 5.55. The zero-order valence-electron chi connectivity index (χ0n) is 14.6. The molecule has 3 rings (SSSR count). The number of halogens is 1. The molecule has 8 heteroatoms. The van der Waals surface area contributed by atoms with E-state index in [-0.39, 0.29) is 15.9 Å². The van der Waals surface area contributed by atoms with Crippen LogP contribution in [-0.4, -0.2) is 28.0 Å². The van der Waals surface area contributed by atoms with Crippen LogP contribution < -0.4 is 4.90 Å². The lowest BCUT2D eigenvalue weighted by atomic mass is 10.1. The highest BCUT2D eigenvalue weighted by atomic mass is 35.5. The van der Waals surface area contributed by atoms with Crippen molar-refractivity contribution in [2.24, 2.45) is 0 Å². The Balaban J connectivity index is 2.22. The second-order valence-electron chi connectivity index (χ2n) is 5.94. The maximum atomic E-state index is 11.1. The van der Waals surface area contributed by atoms with E-state index in [0.717, 1.165) is 53.1 Å². The molecule has 6 nitrogen and oxygen atoms in total. The fourth-order valence-electron chi connectivity index (χ4n) is 2.99. The Labute approximate surface area is 160 Å². The third-order valence-corrected chi connectivity index (χ3v) is 5.08. The highest BCUT2D eigenvalue weighted by Gasteiger charge is 2.20. The van der Waals surface area contributed by atoms with Crippen molar-refractivity contribution < 1.29 is 4.92 Å². The predicted molar refractivity (Wildman–Crippen MR) is 107 cm³/mol. The molecule has 0 atom stereocenters. The fourth-order valence-corrected chi connectivity index (χ4v) is 4.15. The number of nitro benzene ring substituents is 1. The van der Waals surface area contributed by atoms with Crippen molar-refractivity contribution in [2.75, 3.05) is 18.0 Å². The maximum Gasteiger partial charge on any atom is 0.270 e. The molecule has 0 saturated carbocycles. The minimum absolute atomic E-state index is 0.0669. The van der Waals surface area contributed by atoms with Crippen LogP contribution in [-0.2, 0) is 0 Å². The molecule has 3 aromatic rings. The Morgan fingerprint density at radius 2 is 1.96 bits per heavy atom. The molecule has 0 spiro atoms. The van der Waals surface area contributed by atoms with Crippen LogP contribution in [0.25, 0.3) is 21.3 Å². The Kier molecular flexibility index (Phi) is 5.68. The molecule has 0 radical (unpaired) electrons. The van der Waals surface area contributed by atoms with Gasteiger partial charge in [-0.1, -0.05) is 26.0 Å². The molecule has 0 aliphatic carbocycles. The van der Waals surface area contributed by atoms with Crippen molar-refractivity contribution in [3.63, 3.8) is 0 Å². The third kappa shape index (κ3) is 3.64. The third-order valence-electron chi connectivity index (χ3n) is 4.04. The lowest BCUT2D eigenvalue weighted by Gasteiger charge is -2.23. The first-order valence-electron chi connectivity index (χ1n) is 8.49. The van der Waals surface area contributed by atoms with Gasteiger partial charge in [-0.3, -0.25) is 10.1 Å². The summed E-state index contributed by atoms with van der Waals surface area (Å²) < 4.78 is 0. The lowest BCUT2D eigenvalue weighted by molar-refractivity contribution is -0.384. The summed E-state index contributed by atoms with van der Waals surface area (Å²) in [6.07, 6.45) is 1.97. The van der Waals surface area contributed by atoms with Gasteiger partial charge in [0.25, 0.3) is 5.69 Å². The second-order valence-corrected chi connectivity index (χ2v) is 7.14. The Morgan fingerprint density at radius 1 is 1.23 bits per heavy atom. The molecule has 0 saturated heterocycles. The molecule has 136 valence electrons. The van der Waals surface area contributed by atoms with Crippen molar-refractivity contribution in [3.8, 4) is 11.1 Å². The summed E-state index contributed by atoms with van der Waals surface area (Å²) in [5, 5.41) is 14.2. The number of fused-ring (bicyclic) bond motifs is 1. The molecule has 0 bridgehead atoms. The number of anilines is 1. The van der Waals surface area contributed by atoms with Crippen molar-refractivity contribution in [3.05, 3.63) is 45.0 Å². The van der Waals surface area contributed by atoms with Crippen LogP contribution in [0, 0.1) is 10.1 Å². The second kappa shape index (κ2) is 7.97. The van der Waals surface area contributed by atoms with Crippen molar-refractivity contribution in [2.45, 2.75) is 26.7 Å². The molecule has 0 N–H and O–H groups in total. The van der Waals surface area contributed by atoms with Crippen LogP contribution in [0.2, 0.25) is 5.28 Å². The molecule has 0 fully saturated rings. The van der Waals surface area contributed by atoms with Gasteiger partial charge in [0.2, 0.25) is 5.28 Å². The zero-order chi connectivity index (χ0) is 18.7. The molecular weight excluding hydrogens is 372 g/mol. The van der Waals surface area contributed by atoms with E-state index < -0.39 is 0 Å². The zero-order valence-corrected chi connectivity index (χ0v) is 16.2. The highest BCUT2D eigenvalue weighted by Crippen LogP contribution is 2.39. The number of nitrogens with zero attached hydrogens (tertiary/aromatic N) is 4. The number of thiophene rings is 1. The van der Waals surface area contributed by atoms with Crippen LogP contribution in [0.15, 0.2) is 29.6 Å². The molecule has 0 aliphatic rings. The van der Waals surface area contributed by atoms with E-state index in [1.54, 1.807) is 12.1 Å². The van der Waals surface area contributed by atoms with Crippen LogP contribution >= 0.6 is 22.9 Å². The van der Waals surface area contributed by atoms with Crippen molar-refractivity contribution in [1.29, 1.82) is 0 Å². The van der Waals surface area contributed by atoms with Gasteiger partial charge in [0.05, 0.1) is 10.3 Å². The van der Waals surface area contributed by atoms with E-state index in [4.69, 9.17) is 11.6 Å². The monoisotopic (exact) mass is 390 g/mol. The molecule has 1 aromatic carbocycles. The van der Waals surface area contributed by atoms with Gasteiger partial charge >= 0.3 is 0 Å². The normalized spacial score (nSPS) is 11.0. The minimum Gasteiger partial charge on any atom is -0.356 e. The molecule has 2 heterocycles. The Bertz CT molecular complexity index is 938. The van der Waals surface area contributed by atoms with Crippen molar-refractivity contribution >= 4 is 44.7 Å². The van der Waals surface area contributed by atoms with Crippen LogP contribution in [0.3, 0.4) is 0 Å². The summed E-state index contributed by atoms with van der Waals surface area (Å²) in [6.45, 7) is 5.97. The van der Waals surface area contributed by atoms with Gasteiger partial charge in [-0.2, -0.15) is 4.98 Å². The average molecular weight is 391 g/mol. The first-order chi connectivity index (χ1) is 12.5. The van der Waals surface area contributed by atoms with E-state index in [2.05, 4.69) is 28.7 Å². The largest absolute Gasteiger partial charge is 0.356 e. The Hall–Kier alpha value is -2.25. The highest BCUT2D eigenvalue weighted by molar-refractivity contribution is 7.17. The number of nitro groups is 1.